The number of amides is 1. The molecule has 1 amide bonds. The van der Waals surface area contributed by atoms with Gasteiger partial charge in [0.25, 0.3) is 0 Å². The second-order valence-corrected chi connectivity index (χ2v) is 7.50. The SMILES string of the molecule is C=CC(=O)NC(CC)[N+](C)(C)Cc1cc(S(=O)(=O)[O-])ccc1C. The van der Waals surface area contributed by atoms with Gasteiger partial charge in [-0.3, -0.25) is 4.79 Å². The van der Waals surface area contributed by atoms with Gasteiger partial charge < -0.3 is 14.4 Å². The van der Waals surface area contributed by atoms with Crippen molar-refractivity contribution in [3.05, 3.63) is 42.0 Å². The fourth-order valence-corrected chi connectivity index (χ4v) is 3.04. The molecule has 23 heavy (non-hydrogen) atoms. The van der Waals surface area contributed by atoms with Crippen molar-refractivity contribution in [2.24, 2.45) is 0 Å². The smallest absolute Gasteiger partial charge is 0.247 e. The van der Waals surface area contributed by atoms with E-state index in [9.17, 15) is 17.8 Å². The second kappa shape index (κ2) is 7.25. The van der Waals surface area contributed by atoms with Gasteiger partial charge in [0.05, 0.1) is 19.0 Å². The highest BCUT2D eigenvalue weighted by atomic mass is 32.2. The molecule has 0 aliphatic heterocycles. The minimum Gasteiger partial charge on any atom is -0.744 e. The van der Waals surface area contributed by atoms with Crippen LogP contribution in [0.5, 0.6) is 0 Å². The van der Waals surface area contributed by atoms with Gasteiger partial charge in [-0.25, -0.2) is 8.42 Å². The highest BCUT2D eigenvalue weighted by Crippen LogP contribution is 2.21. The Bertz CT molecular complexity index is 696. The summed E-state index contributed by atoms with van der Waals surface area (Å²) in [5, 5.41) is 2.88. The third-order valence-corrected chi connectivity index (χ3v) is 4.74. The Morgan fingerprint density at radius 3 is 2.52 bits per heavy atom. The van der Waals surface area contributed by atoms with Crippen molar-refractivity contribution >= 4 is 16.0 Å². The average molecular weight is 340 g/mol. The summed E-state index contributed by atoms with van der Waals surface area (Å²) < 4.78 is 34.0. The maximum absolute atomic E-state index is 11.6. The number of benzene rings is 1. The summed E-state index contributed by atoms with van der Waals surface area (Å²) in [4.78, 5) is 11.3. The Morgan fingerprint density at radius 2 is 2.04 bits per heavy atom. The van der Waals surface area contributed by atoms with Gasteiger partial charge >= 0.3 is 0 Å². The molecule has 1 aromatic rings. The van der Waals surface area contributed by atoms with Crippen LogP contribution in [0.25, 0.3) is 0 Å². The number of rotatable bonds is 7. The molecule has 7 heteroatoms. The minimum absolute atomic E-state index is 0.160. The highest BCUT2D eigenvalue weighted by molar-refractivity contribution is 7.85. The number of quaternary nitrogens is 1. The first-order valence-electron chi connectivity index (χ1n) is 7.32. The highest BCUT2D eigenvalue weighted by Gasteiger charge is 2.28. The van der Waals surface area contributed by atoms with Crippen LogP contribution in [0.2, 0.25) is 0 Å². The van der Waals surface area contributed by atoms with Gasteiger partial charge in [-0.15, -0.1) is 0 Å². The molecule has 0 radical (unpaired) electrons. The first-order chi connectivity index (χ1) is 10.5. The Balaban J connectivity index is 3.13. The number of carbonyl (C=O) groups excluding carboxylic acids is 1. The van der Waals surface area contributed by atoms with Crippen LogP contribution in [-0.2, 0) is 21.5 Å². The van der Waals surface area contributed by atoms with E-state index in [1.165, 1.54) is 18.2 Å². The number of hydrogen-bond donors (Lipinski definition) is 1. The van der Waals surface area contributed by atoms with Gasteiger partial charge in [0.1, 0.15) is 16.7 Å². The molecule has 0 aliphatic carbocycles. The number of nitrogens with zero attached hydrogens (tertiary/aromatic N) is 1. The summed E-state index contributed by atoms with van der Waals surface area (Å²) in [5.74, 6) is -0.254. The molecule has 1 aromatic carbocycles. The van der Waals surface area contributed by atoms with Gasteiger partial charge in [0.15, 0.2) is 6.17 Å². The maximum Gasteiger partial charge on any atom is 0.247 e. The van der Waals surface area contributed by atoms with Crippen molar-refractivity contribution in [2.45, 2.75) is 37.9 Å². The van der Waals surface area contributed by atoms with Crippen LogP contribution in [0.1, 0.15) is 24.5 Å². The van der Waals surface area contributed by atoms with E-state index in [1.54, 1.807) is 6.07 Å². The van der Waals surface area contributed by atoms with E-state index in [1.807, 2.05) is 27.9 Å². The predicted molar refractivity (Wildman–Crippen MR) is 87.4 cm³/mol. The molecule has 0 spiro atoms. The van der Waals surface area contributed by atoms with Crippen LogP contribution >= 0.6 is 0 Å². The van der Waals surface area contributed by atoms with E-state index in [2.05, 4.69) is 11.9 Å². The van der Waals surface area contributed by atoms with Gasteiger partial charge in [0, 0.05) is 12.0 Å². The van der Waals surface area contributed by atoms with Crippen LogP contribution in [-0.4, -0.2) is 43.6 Å². The summed E-state index contributed by atoms with van der Waals surface area (Å²) in [6.07, 6.45) is 1.76. The van der Waals surface area contributed by atoms with Crippen LogP contribution < -0.4 is 5.32 Å². The molecule has 0 bridgehead atoms. The van der Waals surface area contributed by atoms with E-state index in [0.29, 0.717) is 17.4 Å². The Kier molecular flexibility index (Phi) is 6.10. The minimum atomic E-state index is -4.49. The molecule has 0 aliphatic rings. The van der Waals surface area contributed by atoms with Crippen LogP contribution in [0, 0.1) is 6.92 Å². The van der Waals surface area contributed by atoms with Crippen molar-refractivity contribution in [2.75, 3.05) is 14.1 Å². The predicted octanol–water partition coefficient (Wildman–Crippen LogP) is 1.51. The van der Waals surface area contributed by atoms with Crippen LogP contribution in [0.4, 0.5) is 0 Å². The zero-order valence-corrected chi connectivity index (χ0v) is 14.8. The number of carbonyl (C=O) groups is 1. The number of nitrogens with one attached hydrogen (secondary N) is 1. The van der Waals surface area contributed by atoms with E-state index in [4.69, 9.17) is 0 Å². The lowest BCUT2D eigenvalue weighted by Crippen LogP contribution is -2.56. The molecule has 128 valence electrons. The van der Waals surface area contributed by atoms with Crippen molar-refractivity contribution in [3.8, 4) is 0 Å². The van der Waals surface area contributed by atoms with E-state index >= 15 is 0 Å². The Labute approximate surface area is 138 Å². The topological polar surface area (TPSA) is 86.3 Å². The van der Waals surface area contributed by atoms with Crippen LogP contribution in [0.15, 0.2) is 35.7 Å². The largest absolute Gasteiger partial charge is 0.744 e. The van der Waals surface area contributed by atoms with E-state index in [-0.39, 0.29) is 17.0 Å². The molecule has 0 heterocycles. The maximum atomic E-state index is 11.6. The van der Waals surface area contributed by atoms with Gasteiger partial charge in [0.2, 0.25) is 5.91 Å². The monoisotopic (exact) mass is 340 g/mol. The Morgan fingerprint density at radius 1 is 1.43 bits per heavy atom. The molecule has 6 nitrogen and oxygen atoms in total. The summed E-state index contributed by atoms with van der Waals surface area (Å²) >= 11 is 0. The normalized spacial score (nSPS) is 13.4. The summed E-state index contributed by atoms with van der Waals surface area (Å²) in [5.41, 5.74) is 1.66. The van der Waals surface area contributed by atoms with Gasteiger partial charge in [-0.1, -0.05) is 19.6 Å². The Hall–Kier alpha value is -1.70. The lowest BCUT2D eigenvalue weighted by atomic mass is 10.1. The molecule has 1 atom stereocenters. The second-order valence-electron chi connectivity index (χ2n) is 6.12. The molecule has 1 unspecified atom stereocenters. The molecular formula is C16H24N2O4S. The third-order valence-electron chi connectivity index (χ3n) is 3.91. The summed E-state index contributed by atoms with van der Waals surface area (Å²) in [6, 6.07) is 4.36. The lowest BCUT2D eigenvalue weighted by Gasteiger charge is -2.38. The van der Waals surface area contributed by atoms with Crippen molar-refractivity contribution in [3.63, 3.8) is 0 Å². The standard InChI is InChI=1S/C16H24N2O4S/c1-6-15(17-16(19)7-2)18(4,5)11-13-10-14(23(20,21)22)9-8-12(13)3/h7-10,15H,2,6,11H2,1,3-5H3,(H-,17,19,20,21,22). The van der Waals surface area contributed by atoms with Crippen molar-refractivity contribution in [1.29, 1.82) is 0 Å². The fourth-order valence-electron chi connectivity index (χ4n) is 2.52. The van der Waals surface area contributed by atoms with Gasteiger partial charge in [-0.2, -0.15) is 0 Å². The summed E-state index contributed by atoms with van der Waals surface area (Å²) in [6.45, 7) is 7.74. The first-order valence-corrected chi connectivity index (χ1v) is 8.73. The van der Waals surface area contributed by atoms with Crippen molar-refractivity contribution in [1.82, 2.24) is 5.32 Å². The first kappa shape index (κ1) is 19.3. The molecule has 0 saturated heterocycles. The van der Waals surface area contributed by atoms with E-state index in [0.717, 1.165) is 11.1 Å². The zero-order valence-electron chi connectivity index (χ0n) is 14.0. The number of hydrogen-bond acceptors (Lipinski definition) is 4. The molecule has 0 aromatic heterocycles. The van der Waals surface area contributed by atoms with Gasteiger partial charge in [-0.05, 0) is 30.7 Å². The molecule has 0 saturated carbocycles. The molecule has 1 rings (SSSR count). The molecule has 0 fully saturated rings. The third kappa shape index (κ3) is 5.16. The molecular weight excluding hydrogens is 316 g/mol. The zero-order chi connectivity index (χ0) is 17.8. The van der Waals surface area contributed by atoms with Crippen molar-refractivity contribution < 1.29 is 22.2 Å². The number of aryl methyl sites for hydroxylation is 1. The van der Waals surface area contributed by atoms with E-state index < -0.39 is 10.1 Å². The van der Waals surface area contributed by atoms with Crippen LogP contribution in [0.3, 0.4) is 0 Å². The fraction of sp³-hybridized carbons (Fsp3) is 0.438. The summed E-state index contributed by atoms with van der Waals surface area (Å²) in [7, 11) is -0.607. The molecule has 1 N–H and O–H groups in total. The lowest BCUT2D eigenvalue weighted by molar-refractivity contribution is -0.930. The average Bonchev–Trinajstić information content (AvgIpc) is 2.45. The quantitative estimate of drug-likeness (QED) is 0.353.